The predicted molar refractivity (Wildman–Crippen MR) is 160 cm³/mol. The van der Waals surface area contributed by atoms with Gasteiger partial charge in [-0.3, -0.25) is 33.0 Å². The third kappa shape index (κ3) is 6.75. The Labute approximate surface area is 258 Å². The van der Waals surface area contributed by atoms with Crippen LogP contribution in [0.3, 0.4) is 0 Å². The first-order valence-corrected chi connectivity index (χ1v) is 17.3. The maximum absolute atomic E-state index is 13.5. The molecule has 1 amide bonds. The van der Waals surface area contributed by atoms with Crippen LogP contribution >= 0.6 is 39.3 Å². The number of amides is 1. The molecular weight excluding hydrogens is 664 g/mol. The van der Waals surface area contributed by atoms with Crippen LogP contribution in [0.2, 0.25) is 0 Å². The van der Waals surface area contributed by atoms with Gasteiger partial charge >= 0.3 is 6.80 Å². The lowest BCUT2D eigenvalue weighted by atomic mass is 10.1. The van der Waals surface area contributed by atoms with E-state index in [-0.39, 0.29) is 68.3 Å². The molecule has 1 fully saturated rings. The number of H-pyrrole nitrogens is 1. The fourth-order valence-electron chi connectivity index (χ4n) is 4.50. The second kappa shape index (κ2) is 13.5. The Kier molecular flexibility index (Phi) is 9.88. The van der Waals surface area contributed by atoms with E-state index in [2.05, 4.69) is 49.4 Å². The van der Waals surface area contributed by atoms with Crippen LogP contribution in [0.4, 0.5) is 5.95 Å². The molecule has 0 saturated carbocycles. The van der Waals surface area contributed by atoms with Crippen LogP contribution in [0.15, 0.2) is 23.4 Å². The second-order valence-electron chi connectivity index (χ2n) is 9.12. The van der Waals surface area contributed by atoms with Gasteiger partial charge in [-0.1, -0.05) is 12.2 Å². The molecular formula is C21H25N9O10P2S2. The van der Waals surface area contributed by atoms with Gasteiger partial charge in [0.2, 0.25) is 11.9 Å². The maximum atomic E-state index is 13.5. The zero-order chi connectivity index (χ0) is 31.6. The SMILES string of the molecule is NC(=O)c1cnc2c(c1)nc(COP(=O)(S)O[C@@H]1[C@H](O)[C@@H](COPS)O[C@H]1n1cnc3c(=O)[nH]c(N)nc31)n2CCOC=O. The van der Waals surface area contributed by atoms with Gasteiger partial charge in [0.05, 0.1) is 33.1 Å². The first-order valence-electron chi connectivity index (χ1n) is 12.5. The Morgan fingerprint density at radius 1 is 1.32 bits per heavy atom. The van der Waals surface area contributed by atoms with Crippen LogP contribution in [0.25, 0.3) is 22.3 Å². The van der Waals surface area contributed by atoms with Crippen molar-refractivity contribution in [1.82, 2.24) is 34.1 Å². The van der Waals surface area contributed by atoms with Crippen LogP contribution in [0, 0.1) is 0 Å². The molecule has 0 radical (unpaired) electrons. The first kappa shape index (κ1) is 32.3. The number of nitrogens with zero attached hydrogens (tertiary/aromatic N) is 6. The number of imidazole rings is 2. The van der Waals surface area contributed by atoms with Crippen molar-refractivity contribution in [2.45, 2.75) is 37.7 Å². The number of hydrogen-bond acceptors (Lipinski definition) is 16. The number of aromatic amines is 1. The summed E-state index contributed by atoms with van der Waals surface area (Å²) in [5.41, 5.74) is 11.1. The maximum Gasteiger partial charge on any atom is 0.387 e. The normalized spacial score (nSPS) is 21.8. The highest BCUT2D eigenvalue weighted by Gasteiger charge is 2.49. The van der Waals surface area contributed by atoms with Gasteiger partial charge in [0.15, 0.2) is 23.0 Å². The lowest BCUT2D eigenvalue weighted by Gasteiger charge is -2.24. The summed E-state index contributed by atoms with van der Waals surface area (Å²) in [6.07, 6.45) is -2.55. The molecule has 0 aromatic carbocycles. The van der Waals surface area contributed by atoms with Gasteiger partial charge in [-0.05, 0) is 6.07 Å². The lowest BCUT2D eigenvalue weighted by molar-refractivity contribution is -0.128. The number of fused-ring (bicyclic) bond motifs is 2. The highest BCUT2D eigenvalue weighted by molar-refractivity contribution is 8.44. The fraction of sp³-hybridized carbons (Fsp3) is 0.381. The summed E-state index contributed by atoms with van der Waals surface area (Å²) in [7, 11) is -0.217. The van der Waals surface area contributed by atoms with Gasteiger partial charge in [-0.2, -0.15) is 4.98 Å². The molecule has 1 aliphatic heterocycles. The van der Waals surface area contributed by atoms with E-state index < -0.39 is 49.4 Å². The highest BCUT2D eigenvalue weighted by atomic mass is 32.7. The minimum atomic E-state index is -4.32. The van der Waals surface area contributed by atoms with Crippen molar-refractivity contribution < 1.29 is 42.3 Å². The van der Waals surface area contributed by atoms with Crippen molar-refractivity contribution in [3.8, 4) is 0 Å². The van der Waals surface area contributed by atoms with E-state index in [0.29, 0.717) is 5.65 Å². The average Bonchev–Trinajstić information content (AvgIpc) is 3.64. The number of ether oxygens (including phenoxy) is 2. The molecule has 6 atom stereocenters. The van der Waals surface area contributed by atoms with Crippen molar-refractivity contribution in [1.29, 1.82) is 0 Å². The van der Waals surface area contributed by atoms with Crippen molar-refractivity contribution in [2.75, 3.05) is 18.9 Å². The number of aromatic nitrogens is 7. The van der Waals surface area contributed by atoms with Crippen LogP contribution in [-0.4, -0.2) is 83.1 Å². The smallest absolute Gasteiger partial charge is 0.387 e. The molecule has 0 aliphatic carbocycles. The van der Waals surface area contributed by atoms with Crippen molar-refractivity contribution in [3.05, 3.63) is 40.3 Å². The highest BCUT2D eigenvalue weighted by Crippen LogP contribution is 2.57. The number of carbonyl (C=O) groups is 2. The number of rotatable bonds is 14. The number of nitrogen functional groups attached to an aromatic ring is 1. The first-order chi connectivity index (χ1) is 21.0. The molecule has 23 heteroatoms. The fourth-order valence-corrected chi connectivity index (χ4v) is 6.33. The molecule has 5 heterocycles. The minimum absolute atomic E-state index is 0.0127. The molecule has 5 rings (SSSR count). The summed E-state index contributed by atoms with van der Waals surface area (Å²) in [6, 6.07) is 1.41. The van der Waals surface area contributed by atoms with E-state index in [0.717, 1.165) is 0 Å². The summed E-state index contributed by atoms with van der Waals surface area (Å²) in [6.45, 7) is -4.57. The molecule has 236 valence electrons. The Morgan fingerprint density at radius 3 is 2.84 bits per heavy atom. The third-order valence-electron chi connectivity index (χ3n) is 6.41. The molecule has 0 bridgehead atoms. The van der Waals surface area contributed by atoms with Gasteiger partial charge in [0.1, 0.15) is 42.9 Å². The molecule has 19 nitrogen and oxygen atoms in total. The van der Waals surface area contributed by atoms with E-state index in [1.807, 2.05) is 0 Å². The summed E-state index contributed by atoms with van der Waals surface area (Å²) in [4.78, 5) is 53.7. The summed E-state index contributed by atoms with van der Waals surface area (Å²) < 4.78 is 43.7. The zero-order valence-electron chi connectivity index (χ0n) is 22.2. The Balaban J connectivity index is 1.41. The largest absolute Gasteiger partial charge is 0.466 e. The Morgan fingerprint density at radius 2 is 2.11 bits per heavy atom. The molecule has 4 aromatic heterocycles. The monoisotopic (exact) mass is 689 g/mol. The van der Waals surface area contributed by atoms with Gasteiger partial charge in [0, 0.05) is 6.20 Å². The van der Waals surface area contributed by atoms with Crippen molar-refractivity contribution in [3.63, 3.8) is 0 Å². The van der Waals surface area contributed by atoms with Crippen LogP contribution in [0.5, 0.6) is 0 Å². The van der Waals surface area contributed by atoms with E-state index in [4.69, 9.17) is 34.5 Å². The van der Waals surface area contributed by atoms with E-state index in [1.165, 1.54) is 27.7 Å². The number of hydrogen-bond donors (Lipinski definition) is 6. The molecule has 0 spiro atoms. The summed E-state index contributed by atoms with van der Waals surface area (Å²) in [5.74, 6) is -0.747. The number of pyridine rings is 1. The third-order valence-corrected chi connectivity index (χ3v) is 8.69. The van der Waals surface area contributed by atoms with E-state index in [1.54, 1.807) is 0 Å². The average molecular weight is 690 g/mol. The molecule has 1 saturated heterocycles. The molecule has 44 heavy (non-hydrogen) atoms. The van der Waals surface area contributed by atoms with Gasteiger partial charge in [-0.15, -0.1) is 12.2 Å². The van der Waals surface area contributed by atoms with Crippen molar-refractivity contribution in [2.24, 2.45) is 5.73 Å². The Bertz CT molecular complexity index is 1800. The number of aliphatic hydroxyl groups excluding tert-OH is 1. The topological polar surface area (TPSA) is 264 Å². The molecule has 2 unspecified atom stereocenters. The van der Waals surface area contributed by atoms with E-state index >= 15 is 0 Å². The number of nitrogens with one attached hydrogen (secondary N) is 1. The second-order valence-corrected chi connectivity index (χ2v) is 13.0. The molecule has 1 aliphatic rings. The van der Waals surface area contributed by atoms with Crippen LogP contribution in [0.1, 0.15) is 22.4 Å². The van der Waals surface area contributed by atoms with Crippen LogP contribution < -0.4 is 17.0 Å². The lowest BCUT2D eigenvalue weighted by Crippen LogP contribution is -2.35. The van der Waals surface area contributed by atoms with Gasteiger partial charge < -0.3 is 35.1 Å². The standard InChI is InChI=1S/C21H25N9O10P2S2/c22-16(33)9-3-10-17(24-4-9)29(1-2-36-8-31)12(26-10)6-38-42(35,44)40-15-14(32)11(5-37-41-43)39-20(15)30-7-25-13-18(30)27-21(23)28-19(13)34/h3-4,7-8,11,14-15,20,32,41,43H,1-2,5-6H2,(H2,22,33)(H,35,44)(H3,23,27,28,34)/t11-,14-,15-,20-,42?/m1/s1. The number of primary amides is 1. The molecule has 4 aromatic rings. The zero-order valence-corrected chi connectivity index (χ0v) is 25.9. The van der Waals surface area contributed by atoms with Gasteiger partial charge in [-0.25, -0.2) is 19.5 Å². The van der Waals surface area contributed by atoms with Gasteiger partial charge in [0.25, 0.3) is 12.0 Å². The summed E-state index contributed by atoms with van der Waals surface area (Å²) >= 11 is 8.13. The Hall–Kier alpha value is -3.13. The van der Waals surface area contributed by atoms with E-state index in [9.17, 15) is 24.1 Å². The number of carbonyl (C=O) groups excluding carboxylic acids is 2. The minimum Gasteiger partial charge on any atom is -0.466 e. The molecule has 6 N–H and O–H groups in total. The predicted octanol–water partition coefficient (Wildman–Crippen LogP) is 0.0715. The summed E-state index contributed by atoms with van der Waals surface area (Å²) in [5, 5.41) is 11.1. The van der Waals surface area contributed by atoms with Crippen LogP contribution in [-0.2, 0) is 45.6 Å². The number of thiol groups is 2. The number of nitrogens with two attached hydrogens (primary N) is 2. The quantitative estimate of drug-likeness (QED) is 0.0443. The number of aliphatic hydroxyl groups is 1. The van der Waals surface area contributed by atoms with Crippen molar-refractivity contribution >= 4 is 80.0 Å². The number of anilines is 1.